The molecule has 0 bridgehead atoms. The summed E-state index contributed by atoms with van der Waals surface area (Å²) in [5.41, 5.74) is 1.18. The zero-order valence-corrected chi connectivity index (χ0v) is 12.0. The van der Waals surface area contributed by atoms with Gasteiger partial charge in [-0.2, -0.15) is 0 Å². The number of aliphatic carboxylic acids is 1. The van der Waals surface area contributed by atoms with Crippen molar-refractivity contribution in [3.05, 3.63) is 48.0 Å². The van der Waals surface area contributed by atoms with Gasteiger partial charge in [0.1, 0.15) is 0 Å². The van der Waals surface area contributed by atoms with Crippen molar-refractivity contribution >= 4 is 16.7 Å². The molecule has 0 aliphatic heterocycles. The number of hydrogen-bond acceptors (Lipinski definition) is 2. The van der Waals surface area contributed by atoms with E-state index in [1.807, 2.05) is 26.0 Å². The number of carboxylic acids is 1. The van der Waals surface area contributed by atoms with Gasteiger partial charge in [0.05, 0.1) is 6.42 Å². The molecule has 0 aliphatic carbocycles. The van der Waals surface area contributed by atoms with Crippen LogP contribution >= 0.6 is 0 Å². The van der Waals surface area contributed by atoms with Crippen LogP contribution in [0.25, 0.3) is 10.8 Å². The number of hydrogen-bond donors (Lipinski definition) is 2. The van der Waals surface area contributed by atoms with Gasteiger partial charge < -0.3 is 10.4 Å². The summed E-state index contributed by atoms with van der Waals surface area (Å²) in [4.78, 5) is 10.9. The minimum absolute atomic E-state index is 0.000953. The normalized spacial score (nSPS) is 12.8. The second-order valence-electron chi connectivity index (χ2n) is 5.51. The van der Waals surface area contributed by atoms with E-state index in [4.69, 9.17) is 5.11 Å². The Balaban J connectivity index is 2.05. The second-order valence-corrected chi connectivity index (χ2v) is 5.51. The molecule has 2 aromatic carbocycles. The monoisotopic (exact) mass is 271 g/mol. The van der Waals surface area contributed by atoms with Gasteiger partial charge in [-0.25, -0.2) is 0 Å². The van der Waals surface area contributed by atoms with Gasteiger partial charge in [-0.05, 0) is 28.3 Å². The van der Waals surface area contributed by atoms with Crippen molar-refractivity contribution in [2.24, 2.45) is 5.92 Å². The van der Waals surface area contributed by atoms with Crippen LogP contribution in [0.15, 0.2) is 42.5 Å². The molecule has 0 heterocycles. The molecular weight excluding hydrogens is 250 g/mol. The Kier molecular flexibility index (Phi) is 4.74. The first kappa shape index (κ1) is 14.5. The van der Waals surface area contributed by atoms with Crippen molar-refractivity contribution in [3.63, 3.8) is 0 Å². The number of nitrogens with one attached hydrogen (secondary N) is 1. The van der Waals surface area contributed by atoms with Crippen LogP contribution in [0, 0.1) is 5.92 Å². The Bertz CT molecular complexity index is 592. The highest BCUT2D eigenvalue weighted by atomic mass is 16.4. The maximum atomic E-state index is 10.9. The lowest BCUT2D eigenvalue weighted by molar-refractivity contribution is -0.137. The lowest BCUT2D eigenvalue weighted by Crippen LogP contribution is -2.35. The summed E-state index contributed by atoms with van der Waals surface area (Å²) >= 11 is 0. The third-order valence-electron chi connectivity index (χ3n) is 3.58. The molecule has 20 heavy (non-hydrogen) atoms. The molecule has 0 fully saturated rings. The van der Waals surface area contributed by atoms with Crippen molar-refractivity contribution < 1.29 is 9.90 Å². The Hall–Kier alpha value is -1.87. The van der Waals surface area contributed by atoms with E-state index in [-0.39, 0.29) is 12.5 Å². The smallest absolute Gasteiger partial charge is 0.304 e. The van der Waals surface area contributed by atoms with E-state index in [9.17, 15) is 4.79 Å². The number of carbonyl (C=O) groups is 1. The van der Waals surface area contributed by atoms with Gasteiger partial charge in [-0.3, -0.25) is 4.79 Å². The van der Waals surface area contributed by atoms with E-state index in [2.05, 4.69) is 35.6 Å². The van der Waals surface area contributed by atoms with Crippen LogP contribution in [0.4, 0.5) is 0 Å². The fourth-order valence-corrected chi connectivity index (χ4v) is 2.33. The summed E-state index contributed by atoms with van der Waals surface area (Å²) < 4.78 is 0. The molecule has 0 saturated heterocycles. The van der Waals surface area contributed by atoms with Crippen LogP contribution < -0.4 is 5.32 Å². The average Bonchev–Trinajstić information content (AvgIpc) is 2.42. The minimum atomic E-state index is -0.755. The highest BCUT2D eigenvalue weighted by molar-refractivity contribution is 5.82. The van der Waals surface area contributed by atoms with Crippen LogP contribution in [0.2, 0.25) is 0 Å². The Morgan fingerprint density at radius 1 is 1.15 bits per heavy atom. The first-order valence-electron chi connectivity index (χ1n) is 6.99. The van der Waals surface area contributed by atoms with Crippen molar-refractivity contribution in [1.29, 1.82) is 0 Å². The van der Waals surface area contributed by atoms with Gasteiger partial charge in [0.15, 0.2) is 0 Å². The van der Waals surface area contributed by atoms with E-state index >= 15 is 0 Å². The lowest BCUT2D eigenvalue weighted by Gasteiger charge is -2.20. The van der Waals surface area contributed by atoms with E-state index in [0.717, 1.165) is 0 Å². The predicted molar refractivity (Wildman–Crippen MR) is 81.7 cm³/mol. The first-order chi connectivity index (χ1) is 9.56. The summed E-state index contributed by atoms with van der Waals surface area (Å²) in [6.45, 7) is 4.78. The van der Waals surface area contributed by atoms with Gasteiger partial charge in [0.2, 0.25) is 0 Å². The van der Waals surface area contributed by atoms with Crippen LogP contribution in [0.5, 0.6) is 0 Å². The quantitative estimate of drug-likeness (QED) is 0.846. The SMILES string of the molecule is CC(C)[C@H](CC(=O)O)NCc1ccc2ccccc2c1. The number of rotatable bonds is 6. The fourth-order valence-electron chi connectivity index (χ4n) is 2.33. The summed E-state index contributed by atoms with van der Waals surface area (Å²) in [6, 6.07) is 14.6. The van der Waals surface area contributed by atoms with Crippen LogP contribution in [-0.4, -0.2) is 17.1 Å². The molecule has 0 amide bonds. The van der Waals surface area contributed by atoms with E-state index in [1.54, 1.807) is 0 Å². The van der Waals surface area contributed by atoms with Gasteiger partial charge in [-0.15, -0.1) is 0 Å². The Morgan fingerprint density at radius 3 is 2.50 bits per heavy atom. The fraction of sp³-hybridized carbons (Fsp3) is 0.353. The summed E-state index contributed by atoms with van der Waals surface area (Å²) in [7, 11) is 0. The molecule has 2 aromatic rings. The summed E-state index contributed by atoms with van der Waals surface area (Å²) in [6.07, 6.45) is 0.158. The van der Waals surface area contributed by atoms with E-state index < -0.39 is 5.97 Å². The van der Waals surface area contributed by atoms with Gasteiger partial charge in [0, 0.05) is 12.6 Å². The zero-order valence-electron chi connectivity index (χ0n) is 12.0. The molecule has 0 radical (unpaired) electrons. The largest absolute Gasteiger partial charge is 0.481 e. The predicted octanol–water partition coefficient (Wildman–Crippen LogP) is 3.43. The van der Waals surface area contributed by atoms with Crippen molar-refractivity contribution in [2.45, 2.75) is 32.9 Å². The molecule has 0 saturated carbocycles. The third-order valence-corrected chi connectivity index (χ3v) is 3.58. The second kappa shape index (κ2) is 6.53. The van der Waals surface area contributed by atoms with Crippen LogP contribution in [0.1, 0.15) is 25.8 Å². The maximum Gasteiger partial charge on any atom is 0.304 e. The lowest BCUT2D eigenvalue weighted by atomic mass is 10.0. The van der Waals surface area contributed by atoms with Crippen molar-refractivity contribution in [1.82, 2.24) is 5.32 Å². The topological polar surface area (TPSA) is 49.3 Å². The first-order valence-corrected chi connectivity index (χ1v) is 6.99. The highest BCUT2D eigenvalue weighted by Crippen LogP contribution is 2.16. The van der Waals surface area contributed by atoms with Crippen LogP contribution in [0.3, 0.4) is 0 Å². The summed E-state index contributed by atoms with van der Waals surface area (Å²) in [5, 5.41) is 14.7. The number of carboxylic acid groups (broad SMARTS) is 1. The van der Waals surface area contributed by atoms with Gasteiger partial charge in [0.25, 0.3) is 0 Å². The average molecular weight is 271 g/mol. The summed E-state index contributed by atoms with van der Waals surface area (Å²) in [5.74, 6) is -0.457. The Labute approximate surface area is 119 Å². The molecule has 106 valence electrons. The standard InChI is InChI=1S/C17H21NO2/c1-12(2)16(10-17(19)20)18-11-13-7-8-14-5-3-4-6-15(14)9-13/h3-9,12,16,18H,10-11H2,1-2H3,(H,19,20)/t16-/m0/s1. The van der Waals surface area contributed by atoms with Gasteiger partial charge >= 0.3 is 5.97 Å². The highest BCUT2D eigenvalue weighted by Gasteiger charge is 2.16. The third kappa shape index (κ3) is 3.81. The molecule has 3 heteroatoms. The van der Waals surface area contributed by atoms with Crippen molar-refractivity contribution in [2.75, 3.05) is 0 Å². The maximum absolute atomic E-state index is 10.9. The van der Waals surface area contributed by atoms with Gasteiger partial charge in [-0.1, -0.05) is 50.2 Å². The number of benzene rings is 2. The van der Waals surface area contributed by atoms with Crippen LogP contribution in [-0.2, 0) is 11.3 Å². The zero-order chi connectivity index (χ0) is 14.5. The van der Waals surface area contributed by atoms with E-state index in [1.165, 1.54) is 16.3 Å². The van der Waals surface area contributed by atoms with E-state index in [0.29, 0.717) is 12.5 Å². The molecular formula is C17H21NO2. The molecule has 2 N–H and O–H groups in total. The molecule has 3 nitrogen and oxygen atoms in total. The van der Waals surface area contributed by atoms with Crippen molar-refractivity contribution in [3.8, 4) is 0 Å². The molecule has 1 atom stereocenters. The minimum Gasteiger partial charge on any atom is -0.481 e. The molecule has 2 rings (SSSR count). The molecule has 0 aromatic heterocycles. The molecule has 0 aliphatic rings. The molecule has 0 unspecified atom stereocenters. The number of fused-ring (bicyclic) bond motifs is 1. The molecule has 0 spiro atoms. The Morgan fingerprint density at radius 2 is 1.85 bits per heavy atom.